The van der Waals surface area contributed by atoms with E-state index in [1.165, 1.54) is 17.0 Å². The zero-order valence-corrected chi connectivity index (χ0v) is 14.4. The maximum Gasteiger partial charge on any atom is 0.106 e. The average molecular weight is 306 g/mol. The molecule has 1 fully saturated rings. The summed E-state index contributed by atoms with van der Waals surface area (Å²) >= 11 is 0. The quantitative estimate of drug-likeness (QED) is 0.784. The Morgan fingerprint density at radius 3 is 2.13 bits per heavy atom. The van der Waals surface area contributed by atoms with Gasteiger partial charge < -0.3 is 4.90 Å². The van der Waals surface area contributed by atoms with Gasteiger partial charge in [-0.3, -0.25) is 4.99 Å². The minimum Gasteiger partial charge on any atom is -0.353 e. The normalized spacial score (nSPS) is 21.8. The van der Waals surface area contributed by atoms with Gasteiger partial charge in [0.25, 0.3) is 0 Å². The highest BCUT2D eigenvalue weighted by atomic mass is 15.2. The van der Waals surface area contributed by atoms with Crippen molar-refractivity contribution in [3.63, 3.8) is 0 Å². The van der Waals surface area contributed by atoms with Crippen LogP contribution in [0.15, 0.2) is 65.7 Å². The molecule has 0 N–H and O–H groups in total. The Balaban J connectivity index is 1.84. The summed E-state index contributed by atoms with van der Waals surface area (Å²) in [5, 5.41) is 0. The summed E-state index contributed by atoms with van der Waals surface area (Å²) in [6, 6.07) is 21.8. The molecule has 120 valence electrons. The van der Waals surface area contributed by atoms with E-state index in [0.29, 0.717) is 6.04 Å². The van der Waals surface area contributed by atoms with Crippen LogP contribution in [0.4, 0.5) is 0 Å². The second-order valence-corrected chi connectivity index (χ2v) is 7.18. The topological polar surface area (TPSA) is 15.6 Å². The molecular weight excluding hydrogens is 280 g/mol. The average Bonchev–Trinajstić information content (AvgIpc) is 2.76. The number of amidine groups is 1. The van der Waals surface area contributed by atoms with Gasteiger partial charge in [-0.05, 0) is 24.5 Å². The Morgan fingerprint density at radius 1 is 0.957 bits per heavy atom. The highest BCUT2D eigenvalue weighted by Gasteiger charge is 2.40. The molecule has 0 spiro atoms. The fourth-order valence-corrected chi connectivity index (χ4v) is 3.60. The lowest BCUT2D eigenvalue weighted by molar-refractivity contribution is 0.342. The molecular formula is C21H26N2. The van der Waals surface area contributed by atoms with E-state index in [2.05, 4.69) is 86.3 Å². The van der Waals surface area contributed by atoms with E-state index in [9.17, 15) is 0 Å². The lowest BCUT2D eigenvalue weighted by Gasteiger charge is -2.27. The number of likely N-dealkylation sites (tertiary alicyclic amines) is 1. The van der Waals surface area contributed by atoms with Crippen LogP contribution in [-0.4, -0.2) is 16.8 Å². The summed E-state index contributed by atoms with van der Waals surface area (Å²) in [5.41, 5.74) is 2.77. The van der Waals surface area contributed by atoms with Crippen LogP contribution in [0.1, 0.15) is 38.3 Å². The largest absolute Gasteiger partial charge is 0.353 e. The van der Waals surface area contributed by atoms with Crippen molar-refractivity contribution >= 4 is 5.84 Å². The summed E-state index contributed by atoms with van der Waals surface area (Å²) < 4.78 is 0. The van der Waals surface area contributed by atoms with E-state index in [4.69, 9.17) is 4.99 Å². The molecule has 0 aliphatic carbocycles. The van der Waals surface area contributed by atoms with Crippen LogP contribution in [0.3, 0.4) is 0 Å². The predicted molar refractivity (Wildman–Crippen MR) is 97.4 cm³/mol. The molecule has 0 amide bonds. The molecule has 2 aromatic carbocycles. The number of hydrogen-bond acceptors (Lipinski definition) is 1. The fraction of sp³-hybridized carbons (Fsp3) is 0.381. The zero-order valence-electron chi connectivity index (χ0n) is 14.4. The lowest BCUT2D eigenvalue weighted by atomic mass is 9.89. The van der Waals surface area contributed by atoms with Crippen LogP contribution in [0.2, 0.25) is 0 Å². The Hall–Kier alpha value is -2.09. The van der Waals surface area contributed by atoms with Crippen molar-refractivity contribution in [3.8, 4) is 0 Å². The van der Waals surface area contributed by atoms with Gasteiger partial charge in [0, 0.05) is 18.0 Å². The molecule has 23 heavy (non-hydrogen) atoms. The number of nitrogens with zero attached hydrogens (tertiary/aromatic N) is 2. The third-order valence-electron chi connectivity index (χ3n) is 4.67. The maximum absolute atomic E-state index is 5.02. The van der Waals surface area contributed by atoms with Gasteiger partial charge >= 0.3 is 0 Å². The number of rotatable bonds is 4. The number of aliphatic imine (C=N–C) groups is 1. The first-order chi connectivity index (χ1) is 11.1. The predicted octanol–water partition coefficient (Wildman–Crippen LogP) is 4.91. The van der Waals surface area contributed by atoms with Gasteiger partial charge in [0.1, 0.15) is 5.84 Å². The molecule has 1 atom stereocenters. The van der Waals surface area contributed by atoms with E-state index in [0.717, 1.165) is 19.5 Å². The second-order valence-electron chi connectivity index (χ2n) is 7.18. The molecule has 2 nitrogen and oxygen atoms in total. The minimum atomic E-state index is 0.142. The summed E-state index contributed by atoms with van der Waals surface area (Å²) in [4.78, 5) is 7.50. The van der Waals surface area contributed by atoms with Crippen molar-refractivity contribution in [2.24, 2.45) is 10.4 Å². The van der Waals surface area contributed by atoms with E-state index in [-0.39, 0.29) is 5.41 Å². The lowest BCUT2D eigenvalue weighted by Crippen LogP contribution is -2.34. The van der Waals surface area contributed by atoms with Crippen LogP contribution >= 0.6 is 0 Å². The highest BCUT2D eigenvalue weighted by molar-refractivity contribution is 5.90. The van der Waals surface area contributed by atoms with E-state index in [1.54, 1.807) is 0 Å². The third kappa shape index (κ3) is 3.64. The molecule has 1 unspecified atom stereocenters. The van der Waals surface area contributed by atoms with Crippen molar-refractivity contribution in [2.45, 2.75) is 46.3 Å². The first-order valence-corrected chi connectivity index (χ1v) is 8.46. The molecule has 0 bridgehead atoms. The standard InChI is InChI=1S/C21H26N2/c1-17-14-21(2,3)20(22-15-18-10-6-4-7-11-18)23(17)16-19-12-8-5-9-13-19/h4-13,17H,14-16H2,1-3H3. The fourth-order valence-electron chi connectivity index (χ4n) is 3.60. The van der Waals surface area contributed by atoms with Crippen molar-refractivity contribution < 1.29 is 0 Å². The Bertz CT molecular complexity index is 659. The van der Waals surface area contributed by atoms with Crippen molar-refractivity contribution in [3.05, 3.63) is 71.8 Å². The summed E-state index contributed by atoms with van der Waals surface area (Å²) in [5.74, 6) is 1.25. The smallest absolute Gasteiger partial charge is 0.106 e. The number of hydrogen-bond donors (Lipinski definition) is 0. The van der Waals surface area contributed by atoms with Gasteiger partial charge in [0.05, 0.1) is 6.54 Å². The van der Waals surface area contributed by atoms with Crippen LogP contribution in [-0.2, 0) is 13.1 Å². The SMILES string of the molecule is CC1CC(C)(C)C(=NCc2ccccc2)N1Cc1ccccc1. The zero-order chi connectivity index (χ0) is 16.3. The van der Waals surface area contributed by atoms with Gasteiger partial charge in [-0.1, -0.05) is 74.5 Å². The van der Waals surface area contributed by atoms with Crippen molar-refractivity contribution in [2.75, 3.05) is 0 Å². The molecule has 0 radical (unpaired) electrons. The summed E-state index contributed by atoms with van der Waals surface area (Å²) in [7, 11) is 0. The van der Waals surface area contributed by atoms with Crippen molar-refractivity contribution in [1.82, 2.24) is 4.90 Å². The first kappa shape index (κ1) is 15.8. The molecule has 3 rings (SSSR count). The van der Waals surface area contributed by atoms with Gasteiger partial charge in [0.2, 0.25) is 0 Å². The van der Waals surface area contributed by atoms with Crippen LogP contribution in [0.5, 0.6) is 0 Å². The Labute approximate surface area is 139 Å². The Morgan fingerprint density at radius 2 is 1.52 bits per heavy atom. The molecule has 0 aromatic heterocycles. The second kappa shape index (κ2) is 6.57. The van der Waals surface area contributed by atoms with Gasteiger partial charge in [-0.15, -0.1) is 0 Å². The van der Waals surface area contributed by atoms with Crippen LogP contribution in [0, 0.1) is 5.41 Å². The molecule has 2 heteroatoms. The van der Waals surface area contributed by atoms with Gasteiger partial charge in [0.15, 0.2) is 0 Å². The van der Waals surface area contributed by atoms with E-state index in [1.807, 2.05) is 0 Å². The molecule has 2 aromatic rings. The van der Waals surface area contributed by atoms with Crippen LogP contribution in [0.25, 0.3) is 0 Å². The first-order valence-electron chi connectivity index (χ1n) is 8.46. The highest BCUT2D eigenvalue weighted by Crippen LogP contribution is 2.37. The minimum absolute atomic E-state index is 0.142. The molecule has 1 heterocycles. The number of benzene rings is 2. The molecule has 1 aliphatic rings. The van der Waals surface area contributed by atoms with E-state index >= 15 is 0 Å². The summed E-state index contributed by atoms with van der Waals surface area (Å²) in [6.45, 7) is 8.66. The molecule has 0 saturated carbocycles. The summed E-state index contributed by atoms with van der Waals surface area (Å²) in [6.07, 6.45) is 1.16. The maximum atomic E-state index is 5.02. The van der Waals surface area contributed by atoms with Gasteiger partial charge in [-0.2, -0.15) is 0 Å². The monoisotopic (exact) mass is 306 g/mol. The van der Waals surface area contributed by atoms with Crippen molar-refractivity contribution in [1.29, 1.82) is 0 Å². The van der Waals surface area contributed by atoms with E-state index < -0.39 is 0 Å². The molecule has 1 saturated heterocycles. The third-order valence-corrected chi connectivity index (χ3v) is 4.67. The van der Waals surface area contributed by atoms with Gasteiger partial charge in [-0.25, -0.2) is 0 Å². The Kier molecular flexibility index (Phi) is 4.51. The van der Waals surface area contributed by atoms with Crippen LogP contribution < -0.4 is 0 Å². The molecule has 1 aliphatic heterocycles.